The first kappa shape index (κ1) is 22.0. The molecule has 1 aliphatic rings. The molecular weight excluding hydrogens is 372 g/mol. The number of aromatic nitrogens is 1. The van der Waals surface area contributed by atoms with Gasteiger partial charge in [0.15, 0.2) is 0 Å². The number of esters is 1. The van der Waals surface area contributed by atoms with E-state index in [0.29, 0.717) is 11.3 Å². The van der Waals surface area contributed by atoms with Gasteiger partial charge in [-0.15, -0.1) is 0 Å². The van der Waals surface area contributed by atoms with Crippen LogP contribution in [0.3, 0.4) is 0 Å². The lowest BCUT2D eigenvalue weighted by Gasteiger charge is -2.27. The molecule has 0 atom stereocenters. The summed E-state index contributed by atoms with van der Waals surface area (Å²) in [4.78, 5) is 17.0. The quantitative estimate of drug-likeness (QED) is 0.378. The third-order valence-electron chi connectivity index (χ3n) is 6.16. The number of unbranched alkanes of at least 4 members (excludes halogenated alkanes) is 2. The molecule has 4 heteroatoms. The molecule has 1 aromatic carbocycles. The van der Waals surface area contributed by atoms with E-state index in [1.54, 1.807) is 6.20 Å². The van der Waals surface area contributed by atoms with Gasteiger partial charge in [-0.2, -0.15) is 5.26 Å². The molecule has 158 valence electrons. The summed E-state index contributed by atoms with van der Waals surface area (Å²) in [5.41, 5.74) is 2.82. The monoisotopic (exact) mass is 404 g/mol. The molecule has 0 unspecified atom stereocenters. The topological polar surface area (TPSA) is 63.0 Å². The van der Waals surface area contributed by atoms with Crippen molar-refractivity contribution in [3.8, 4) is 11.8 Å². The molecular formula is C26H32N2O2. The minimum absolute atomic E-state index is 0.0310. The SMILES string of the molecule is CCCCCC1CCC(C(=O)Oc2ccc(CCc3ccc(C#N)cc3)nc2)CC1. The predicted molar refractivity (Wildman–Crippen MR) is 118 cm³/mol. The number of ether oxygens (including phenoxy) is 1. The van der Waals surface area contributed by atoms with E-state index in [9.17, 15) is 4.79 Å². The first-order chi connectivity index (χ1) is 14.7. The van der Waals surface area contributed by atoms with Crippen LogP contribution < -0.4 is 4.74 Å². The summed E-state index contributed by atoms with van der Waals surface area (Å²) >= 11 is 0. The second-order valence-electron chi connectivity index (χ2n) is 8.43. The lowest BCUT2D eigenvalue weighted by atomic mass is 9.80. The summed E-state index contributed by atoms with van der Waals surface area (Å²) < 4.78 is 5.60. The third kappa shape index (κ3) is 6.69. The van der Waals surface area contributed by atoms with Crippen molar-refractivity contribution in [1.29, 1.82) is 5.26 Å². The highest BCUT2D eigenvalue weighted by molar-refractivity contribution is 5.75. The van der Waals surface area contributed by atoms with Gasteiger partial charge in [0, 0.05) is 5.69 Å². The van der Waals surface area contributed by atoms with Gasteiger partial charge in [0.25, 0.3) is 0 Å². The second kappa shape index (κ2) is 11.5. The molecule has 30 heavy (non-hydrogen) atoms. The molecule has 0 N–H and O–H groups in total. The highest BCUT2D eigenvalue weighted by atomic mass is 16.5. The van der Waals surface area contributed by atoms with Crippen molar-refractivity contribution in [2.45, 2.75) is 71.1 Å². The van der Waals surface area contributed by atoms with E-state index >= 15 is 0 Å². The molecule has 3 rings (SSSR count). The van der Waals surface area contributed by atoms with E-state index in [2.05, 4.69) is 18.0 Å². The number of nitrogens with zero attached hydrogens (tertiary/aromatic N) is 2. The second-order valence-corrected chi connectivity index (χ2v) is 8.43. The maximum atomic E-state index is 12.5. The van der Waals surface area contributed by atoms with Crippen LogP contribution in [0.2, 0.25) is 0 Å². The first-order valence-electron chi connectivity index (χ1n) is 11.3. The minimum atomic E-state index is -0.103. The van der Waals surface area contributed by atoms with Crippen molar-refractivity contribution in [2.24, 2.45) is 11.8 Å². The van der Waals surface area contributed by atoms with Crippen molar-refractivity contribution in [1.82, 2.24) is 4.98 Å². The number of carbonyl (C=O) groups is 1. The van der Waals surface area contributed by atoms with E-state index in [0.717, 1.165) is 50.1 Å². The summed E-state index contributed by atoms with van der Waals surface area (Å²) in [5, 5.41) is 8.86. The molecule has 0 aliphatic heterocycles. The van der Waals surface area contributed by atoms with Crippen LogP contribution in [0.15, 0.2) is 42.6 Å². The highest BCUT2D eigenvalue weighted by Gasteiger charge is 2.27. The van der Waals surface area contributed by atoms with Crippen LogP contribution in [0.4, 0.5) is 0 Å². The number of rotatable bonds is 9. The summed E-state index contributed by atoms with van der Waals surface area (Å²) in [5.74, 6) is 1.25. The predicted octanol–water partition coefficient (Wildman–Crippen LogP) is 6.03. The summed E-state index contributed by atoms with van der Waals surface area (Å²) in [6.45, 7) is 2.24. The van der Waals surface area contributed by atoms with Gasteiger partial charge in [-0.1, -0.05) is 44.7 Å². The standard InChI is InChI=1S/C26H32N2O2/c1-2-3-4-5-20-10-13-23(14-11-20)26(29)30-25-17-16-24(28-19-25)15-12-21-6-8-22(18-27)9-7-21/h6-9,16-17,19-20,23H,2-5,10-15H2,1H3. The molecule has 1 fully saturated rings. The van der Waals surface area contributed by atoms with Gasteiger partial charge >= 0.3 is 5.97 Å². The lowest BCUT2D eigenvalue weighted by Crippen LogP contribution is -2.25. The Morgan fingerprint density at radius 2 is 1.83 bits per heavy atom. The van der Waals surface area contributed by atoms with Crippen LogP contribution in [-0.2, 0) is 17.6 Å². The zero-order chi connectivity index (χ0) is 21.2. The summed E-state index contributed by atoms with van der Waals surface area (Å²) in [6, 6.07) is 13.5. The Labute approximate surface area is 180 Å². The molecule has 1 aliphatic carbocycles. The van der Waals surface area contributed by atoms with Crippen LogP contribution in [0.5, 0.6) is 5.75 Å². The first-order valence-corrected chi connectivity index (χ1v) is 11.3. The van der Waals surface area contributed by atoms with Crippen LogP contribution in [-0.4, -0.2) is 11.0 Å². The van der Waals surface area contributed by atoms with Crippen LogP contribution in [0.25, 0.3) is 0 Å². The average molecular weight is 405 g/mol. The van der Waals surface area contributed by atoms with Crippen LogP contribution in [0.1, 0.15) is 75.1 Å². The van der Waals surface area contributed by atoms with E-state index < -0.39 is 0 Å². The molecule has 0 radical (unpaired) electrons. The number of hydrogen-bond acceptors (Lipinski definition) is 4. The maximum absolute atomic E-state index is 12.5. The molecule has 0 spiro atoms. The van der Waals surface area contributed by atoms with Crippen molar-refractivity contribution < 1.29 is 9.53 Å². The minimum Gasteiger partial charge on any atom is -0.425 e. The van der Waals surface area contributed by atoms with Gasteiger partial charge in [0.05, 0.1) is 23.7 Å². The van der Waals surface area contributed by atoms with Gasteiger partial charge < -0.3 is 4.74 Å². The van der Waals surface area contributed by atoms with Gasteiger partial charge in [0.2, 0.25) is 0 Å². The average Bonchev–Trinajstić information content (AvgIpc) is 2.79. The highest BCUT2D eigenvalue weighted by Crippen LogP contribution is 2.33. The third-order valence-corrected chi connectivity index (χ3v) is 6.16. The summed E-state index contributed by atoms with van der Waals surface area (Å²) in [7, 11) is 0. The largest absolute Gasteiger partial charge is 0.425 e. The molecule has 0 bridgehead atoms. The Hall–Kier alpha value is -2.67. The molecule has 0 amide bonds. The molecule has 1 saturated carbocycles. The van der Waals surface area contributed by atoms with Crippen LogP contribution >= 0.6 is 0 Å². The van der Waals surface area contributed by atoms with E-state index in [-0.39, 0.29) is 11.9 Å². The summed E-state index contributed by atoms with van der Waals surface area (Å²) in [6.07, 6.45) is 12.7. The van der Waals surface area contributed by atoms with Crippen molar-refractivity contribution >= 4 is 5.97 Å². The maximum Gasteiger partial charge on any atom is 0.314 e. The number of hydrogen-bond donors (Lipinski definition) is 0. The molecule has 1 aromatic heterocycles. The fourth-order valence-corrected chi connectivity index (χ4v) is 4.21. The zero-order valence-electron chi connectivity index (χ0n) is 18.0. The van der Waals surface area contributed by atoms with E-state index in [1.807, 2.05) is 36.4 Å². The number of nitriles is 1. The van der Waals surface area contributed by atoms with Crippen molar-refractivity contribution in [2.75, 3.05) is 0 Å². The molecule has 2 aromatic rings. The number of pyridine rings is 1. The van der Waals surface area contributed by atoms with Crippen molar-refractivity contribution in [3.05, 3.63) is 59.4 Å². The fraction of sp³-hybridized carbons (Fsp3) is 0.500. The van der Waals surface area contributed by atoms with Gasteiger partial charge in [-0.05, 0) is 74.3 Å². The van der Waals surface area contributed by atoms with Gasteiger partial charge in [-0.25, -0.2) is 0 Å². The fourth-order valence-electron chi connectivity index (χ4n) is 4.21. The number of benzene rings is 1. The smallest absolute Gasteiger partial charge is 0.314 e. The Morgan fingerprint density at radius 3 is 2.47 bits per heavy atom. The van der Waals surface area contributed by atoms with Crippen molar-refractivity contribution in [3.63, 3.8) is 0 Å². The molecule has 4 nitrogen and oxygen atoms in total. The Bertz CT molecular complexity index is 829. The molecule has 0 saturated heterocycles. The zero-order valence-corrected chi connectivity index (χ0v) is 18.0. The Kier molecular flexibility index (Phi) is 8.44. The Morgan fingerprint density at radius 1 is 1.07 bits per heavy atom. The van der Waals surface area contributed by atoms with E-state index in [4.69, 9.17) is 10.00 Å². The Balaban J connectivity index is 1.41. The van der Waals surface area contributed by atoms with Crippen LogP contribution in [0, 0.1) is 23.2 Å². The van der Waals surface area contributed by atoms with Gasteiger partial charge in [-0.3, -0.25) is 9.78 Å². The number of aryl methyl sites for hydroxylation is 2. The van der Waals surface area contributed by atoms with Gasteiger partial charge in [0.1, 0.15) is 5.75 Å². The number of carbonyl (C=O) groups excluding carboxylic acids is 1. The van der Waals surface area contributed by atoms with E-state index in [1.165, 1.54) is 31.2 Å². The normalized spacial score (nSPS) is 18.5. The lowest BCUT2D eigenvalue weighted by molar-refractivity contribution is -0.140. The molecule has 1 heterocycles.